The third kappa shape index (κ3) is 1.74. The van der Waals surface area contributed by atoms with Crippen LogP contribution >= 0.6 is 0 Å². The highest BCUT2D eigenvalue weighted by atomic mass is 16.5. The molecule has 5 nitrogen and oxygen atoms in total. The molecule has 0 aromatic rings. The Morgan fingerprint density at radius 3 is 2.59 bits per heavy atom. The second kappa shape index (κ2) is 4.80. The Morgan fingerprint density at radius 1 is 1.27 bits per heavy atom. The van der Waals surface area contributed by atoms with Crippen molar-refractivity contribution in [3.8, 4) is 0 Å². The molecular formula is C17H24O5. The van der Waals surface area contributed by atoms with E-state index in [1.807, 2.05) is 13.8 Å². The molecule has 3 fully saturated rings. The lowest BCUT2D eigenvalue weighted by molar-refractivity contribution is -0.171. The molecule has 3 rings (SSSR count). The monoisotopic (exact) mass is 308 g/mol. The molecule has 5 heteroatoms. The van der Waals surface area contributed by atoms with Gasteiger partial charge in [-0.1, -0.05) is 20.8 Å². The van der Waals surface area contributed by atoms with Gasteiger partial charge in [0.05, 0.1) is 19.6 Å². The number of ether oxygens (including phenoxy) is 2. The number of hydrogen-bond donors (Lipinski definition) is 0. The normalized spacial score (nSPS) is 43.1. The van der Waals surface area contributed by atoms with Crippen LogP contribution in [0.1, 0.15) is 40.0 Å². The molecule has 0 radical (unpaired) electrons. The Kier molecular flexibility index (Phi) is 3.38. The van der Waals surface area contributed by atoms with Crippen LogP contribution in [0.15, 0.2) is 0 Å². The predicted molar refractivity (Wildman–Crippen MR) is 77.7 cm³/mol. The molecule has 0 aromatic heterocycles. The molecule has 22 heavy (non-hydrogen) atoms. The minimum Gasteiger partial charge on any atom is -0.468 e. The lowest BCUT2D eigenvalue weighted by Crippen LogP contribution is -2.53. The van der Waals surface area contributed by atoms with Crippen LogP contribution in [-0.2, 0) is 23.9 Å². The fourth-order valence-corrected chi connectivity index (χ4v) is 5.15. The van der Waals surface area contributed by atoms with E-state index in [2.05, 4.69) is 6.92 Å². The van der Waals surface area contributed by atoms with Crippen molar-refractivity contribution < 1.29 is 23.9 Å². The summed E-state index contributed by atoms with van der Waals surface area (Å²) < 4.78 is 10.3. The fourth-order valence-electron chi connectivity index (χ4n) is 5.15. The van der Waals surface area contributed by atoms with E-state index in [0.717, 1.165) is 12.8 Å². The van der Waals surface area contributed by atoms with Gasteiger partial charge in [-0.15, -0.1) is 0 Å². The maximum absolute atomic E-state index is 13.3. The number of carbonyl (C=O) groups is 3. The van der Waals surface area contributed by atoms with Crippen LogP contribution in [0.25, 0.3) is 0 Å². The molecule has 0 bridgehead atoms. The summed E-state index contributed by atoms with van der Waals surface area (Å²) in [6, 6.07) is 0. The maximum atomic E-state index is 13.3. The first-order valence-corrected chi connectivity index (χ1v) is 8.06. The largest absolute Gasteiger partial charge is 0.468 e. The van der Waals surface area contributed by atoms with E-state index in [1.54, 1.807) is 0 Å². The Labute approximate surface area is 130 Å². The van der Waals surface area contributed by atoms with E-state index >= 15 is 0 Å². The molecule has 0 amide bonds. The molecule has 122 valence electrons. The second-order valence-corrected chi connectivity index (χ2v) is 7.81. The molecule has 1 saturated heterocycles. The van der Waals surface area contributed by atoms with Crippen molar-refractivity contribution in [2.75, 3.05) is 13.7 Å². The van der Waals surface area contributed by atoms with Crippen LogP contribution in [0.4, 0.5) is 0 Å². The van der Waals surface area contributed by atoms with Gasteiger partial charge in [-0.3, -0.25) is 14.4 Å². The van der Waals surface area contributed by atoms with Crippen molar-refractivity contribution in [1.29, 1.82) is 0 Å². The zero-order valence-corrected chi connectivity index (χ0v) is 13.7. The summed E-state index contributed by atoms with van der Waals surface area (Å²) in [4.78, 5) is 38.5. The summed E-state index contributed by atoms with van der Waals surface area (Å²) in [6.07, 6.45) is 2.35. The number of hydrogen-bond acceptors (Lipinski definition) is 5. The van der Waals surface area contributed by atoms with E-state index < -0.39 is 28.7 Å². The number of cyclic esters (lactones) is 1. The highest BCUT2D eigenvalue weighted by molar-refractivity contribution is 6.11. The number of carbonyl (C=O) groups excluding carboxylic acids is 3. The van der Waals surface area contributed by atoms with E-state index in [4.69, 9.17) is 9.47 Å². The van der Waals surface area contributed by atoms with E-state index in [1.165, 1.54) is 7.11 Å². The van der Waals surface area contributed by atoms with Crippen molar-refractivity contribution in [3.63, 3.8) is 0 Å². The summed E-state index contributed by atoms with van der Waals surface area (Å²) in [6.45, 7) is 6.14. The average molecular weight is 308 g/mol. The standard InChI is InChI=1S/C17H24O5/c1-9-5-6-10-8-22-13(18)12(10)17(15(20)21-4)11(9)7-16(2,3)14(17)19/h9-12H,5-8H2,1-4H3/t9-,10+,11+,12-,17-/m1/s1. The lowest BCUT2D eigenvalue weighted by Gasteiger charge is -2.36. The molecule has 1 aliphatic heterocycles. The highest BCUT2D eigenvalue weighted by Gasteiger charge is 2.72. The van der Waals surface area contributed by atoms with Gasteiger partial charge in [0, 0.05) is 11.3 Å². The maximum Gasteiger partial charge on any atom is 0.320 e. The van der Waals surface area contributed by atoms with Crippen molar-refractivity contribution in [3.05, 3.63) is 0 Å². The minimum absolute atomic E-state index is 0.0584. The number of methoxy groups -OCH3 is 1. The van der Waals surface area contributed by atoms with Crippen LogP contribution in [0.5, 0.6) is 0 Å². The zero-order valence-electron chi connectivity index (χ0n) is 13.7. The van der Waals surface area contributed by atoms with Crippen LogP contribution in [0.3, 0.4) is 0 Å². The molecule has 0 N–H and O–H groups in total. The Balaban J connectivity index is 2.24. The zero-order chi connectivity index (χ0) is 16.3. The van der Waals surface area contributed by atoms with Crippen molar-refractivity contribution in [2.24, 2.45) is 34.5 Å². The van der Waals surface area contributed by atoms with Gasteiger partial charge in [0.25, 0.3) is 0 Å². The van der Waals surface area contributed by atoms with Gasteiger partial charge in [0.15, 0.2) is 5.78 Å². The number of ketones is 1. The van der Waals surface area contributed by atoms with E-state index in [9.17, 15) is 14.4 Å². The van der Waals surface area contributed by atoms with Crippen molar-refractivity contribution in [2.45, 2.75) is 40.0 Å². The molecule has 0 aromatic carbocycles. The van der Waals surface area contributed by atoms with Crippen LogP contribution in [0, 0.1) is 34.5 Å². The Bertz CT molecular complexity index is 537. The summed E-state index contributed by atoms with van der Waals surface area (Å²) in [5.74, 6) is -1.76. The average Bonchev–Trinajstić information content (AvgIpc) is 2.89. The topological polar surface area (TPSA) is 69.7 Å². The molecule has 1 heterocycles. The molecule has 0 unspecified atom stereocenters. The number of rotatable bonds is 1. The summed E-state index contributed by atoms with van der Waals surface area (Å²) >= 11 is 0. The first-order valence-electron chi connectivity index (χ1n) is 8.06. The van der Waals surface area contributed by atoms with Gasteiger partial charge in [-0.2, -0.15) is 0 Å². The smallest absolute Gasteiger partial charge is 0.320 e. The second-order valence-electron chi connectivity index (χ2n) is 7.81. The number of fused-ring (bicyclic) bond motifs is 3. The molecule has 3 aliphatic rings. The number of Topliss-reactive ketones (excluding diaryl/α,β-unsaturated/α-hetero) is 1. The molecular weight excluding hydrogens is 284 g/mol. The van der Waals surface area contributed by atoms with Crippen LogP contribution < -0.4 is 0 Å². The van der Waals surface area contributed by atoms with Crippen LogP contribution in [0.2, 0.25) is 0 Å². The Morgan fingerprint density at radius 2 is 1.95 bits per heavy atom. The molecule has 2 saturated carbocycles. The van der Waals surface area contributed by atoms with Gasteiger partial charge in [0.1, 0.15) is 5.41 Å². The van der Waals surface area contributed by atoms with Gasteiger partial charge < -0.3 is 9.47 Å². The van der Waals surface area contributed by atoms with E-state index in [0.29, 0.717) is 13.0 Å². The minimum atomic E-state index is -1.35. The van der Waals surface area contributed by atoms with Crippen molar-refractivity contribution in [1.82, 2.24) is 0 Å². The number of esters is 2. The van der Waals surface area contributed by atoms with E-state index in [-0.39, 0.29) is 23.5 Å². The first kappa shape index (κ1) is 15.5. The van der Waals surface area contributed by atoms with Crippen LogP contribution in [-0.4, -0.2) is 31.4 Å². The SMILES string of the molecule is COC(=O)[C@]12C(=O)C(C)(C)C[C@H]1[C@H](C)CC[C@H]1COC(=O)[C@@H]12. The summed E-state index contributed by atoms with van der Waals surface area (Å²) in [5.41, 5.74) is -1.97. The first-order chi connectivity index (χ1) is 10.3. The highest BCUT2D eigenvalue weighted by Crippen LogP contribution is 2.62. The fraction of sp³-hybridized carbons (Fsp3) is 0.824. The molecule has 2 aliphatic carbocycles. The van der Waals surface area contributed by atoms with Gasteiger partial charge >= 0.3 is 11.9 Å². The molecule has 5 atom stereocenters. The van der Waals surface area contributed by atoms with Gasteiger partial charge in [-0.05, 0) is 31.1 Å². The van der Waals surface area contributed by atoms with Gasteiger partial charge in [-0.25, -0.2) is 0 Å². The third-order valence-corrected chi connectivity index (χ3v) is 6.16. The van der Waals surface area contributed by atoms with Gasteiger partial charge in [0.2, 0.25) is 0 Å². The lowest BCUT2D eigenvalue weighted by atomic mass is 9.62. The summed E-state index contributed by atoms with van der Waals surface area (Å²) in [7, 11) is 1.30. The summed E-state index contributed by atoms with van der Waals surface area (Å²) in [5, 5.41) is 0. The quantitative estimate of drug-likeness (QED) is 0.547. The Hall–Kier alpha value is -1.39. The van der Waals surface area contributed by atoms with Crippen molar-refractivity contribution >= 4 is 17.7 Å². The molecule has 0 spiro atoms. The predicted octanol–water partition coefficient (Wildman–Crippen LogP) is 1.98. The third-order valence-electron chi connectivity index (χ3n) is 6.16.